The number of nitrogens with zero attached hydrogens (tertiary/aromatic N) is 3. The molecule has 2 aliphatic heterocycles. The van der Waals surface area contributed by atoms with E-state index in [4.69, 9.17) is 14.5 Å². The fourth-order valence-corrected chi connectivity index (χ4v) is 5.49. The first-order chi connectivity index (χ1) is 16.1. The van der Waals surface area contributed by atoms with E-state index in [1.54, 1.807) is 12.1 Å². The molecule has 0 bridgehead atoms. The summed E-state index contributed by atoms with van der Waals surface area (Å²) in [6, 6.07) is 13.4. The third-order valence-electron chi connectivity index (χ3n) is 6.31. The van der Waals surface area contributed by atoms with Crippen LogP contribution < -0.4 is 9.47 Å². The number of likely N-dealkylation sites (tertiary alicyclic amines) is 1. The zero-order valence-corrected chi connectivity index (χ0v) is 19.5. The summed E-state index contributed by atoms with van der Waals surface area (Å²) in [6.45, 7) is 5.13. The standard InChI is InChI=1S/C25H27N3O4S/c1-2-28-20-6-4-3-5-19(20)26-25(28)33-16-23(29)27-11-9-17(10-12-27)24(30)18-7-8-21-22(15-18)32-14-13-31-21/h3-8,15,17H,2,9-14,16H2,1H3. The molecule has 0 saturated carbocycles. The second kappa shape index (κ2) is 9.47. The van der Waals surface area contributed by atoms with Gasteiger partial charge in [0.1, 0.15) is 13.2 Å². The molecule has 8 heteroatoms. The summed E-state index contributed by atoms with van der Waals surface area (Å²) >= 11 is 1.48. The average Bonchev–Trinajstić information content (AvgIpc) is 3.24. The van der Waals surface area contributed by atoms with E-state index in [2.05, 4.69) is 17.6 Å². The smallest absolute Gasteiger partial charge is 0.233 e. The molecule has 1 amide bonds. The Morgan fingerprint density at radius 1 is 1.06 bits per heavy atom. The highest BCUT2D eigenvalue weighted by Crippen LogP contribution is 2.33. The Hall–Kier alpha value is -3.00. The van der Waals surface area contributed by atoms with E-state index < -0.39 is 0 Å². The van der Waals surface area contributed by atoms with Gasteiger partial charge in [0.05, 0.1) is 16.8 Å². The maximum atomic E-state index is 13.0. The van der Waals surface area contributed by atoms with Crippen LogP contribution in [-0.2, 0) is 11.3 Å². The van der Waals surface area contributed by atoms with Crippen LogP contribution in [0.1, 0.15) is 30.1 Å². The van der Waals surface area contributed by atoms with Gasteiger partial charge in [-0.25, -0.2) is 4.98 Å². The number of para-hydroxylation sites is 2. The molecule has 3 aromatic rings. The number of imidazole rings is 1. The Morgan fingerprint density at radius 2 is 1.82 bits per heavy atom. The minimum Gasteiger partial charge on any atom is -0.486 e. The van der Waals surface area contributed by atoms with Gasteiger partial charge in [-0.05, 0) is 50.1 Å². The molecule has 0 atom stereocenters. The predicted molar refractivity (Wildman–Crippen MR) is 127 cm³/mol. The van der Waals surface area contributed by atoms with E-state index >= 15 is 0 Å². The molecule has 1 saturated heterocycles. The van der Waals surface area contributed by atoms with Gasteiger partial charge in [0.25, 0.3) is 0 Å². The summed E-state index contributed by atoms with van der Waals surface area (Å²) in [7, 11) is 0. The summed E-state index contributed by atoms with van der Waals surface area (Å²) in [5.74, 6) is 1.81. The maximum absolute atomic E-state index is 13.0. The first kappa shape index (κ1) is 21.8. The molecule has 0 aliphatic carbocycles. The predicted octanol–water partition coefficient (Wildman–Crippen LogP) is 4.04. The minimum absolute atomic E-state index is 0.0754. The third-order valence-corrected chi connectivity index (χ3v) is 7.27. The van der Waals surface area contributed by atoms with Crippen molar-refractivity contribution in [3.63, 3.8) is 0 Å². The van der Waals surface area contributed by atoms with Gasteiger partial charge in [0.2, 0.25) is 5.91 Å². The van der Waals surface area contributed by atoms with Gasteiger partial charge >= 0.3 is 0 Å². The van der Waals surface area contributed by atoms with Crippen molar-refractivity contribution in [3.8, 4) is 11.5 Å². The molecule has 0 N–H and O–H groups in total. The van der Waals surface area contributed by atoms with Gasteiger partial charge in [-0.3, -0.25) is 9.59 Å². The fourth-order valence-electron chi connectivity index (χ4n) is 4.51. The number of aryl methyl sites for hydroxylation is 1. The number of ether oxygens (including phenoxy) is 2. The highest BCUT2D eigenvalue weighted by Gasteiger charge is 2.29. The van der Waals surface area contributed by atoms with Crippen LogP contribution in [0.2, 0.25) is 0 Å². The Bertz CT molecular complexity index is 1180. The van der Waals surface area contributed by atoms with E-state index in [1.165, 1.54) is 11.8 Å². The second-order valence-electron chi connectivity index (χ2n) is 8.29. The number of ketones is 1. The number of hydrogen-bond acceptors (Lipinski definition) is 6. The van der Waals surface area contributed by atoms with Gasteiger partial charge < -0.3 is 18.9 Å². The van der Waals surface area contributed by atoms with Gasteiger partial charge in [-0.1, -0.05) is 23.9 Å². The van der Waals surface area contributed by atoms with Gasteiger partial charge in [-0.2, -0.15) is 0 Å². The van der Waals surface area contributed by atoms with Crippen molar-refractivity contribution >= 4 is 34.5 Å². The first-order valence-corrected chi connectivity index (χ1v) is 12.4. The Balaban J connectivity index is 1.17. The number of carbonyl (C=O) groups is 2. The summed E-state index contributed by atoms with van der Waals surface area (Å²) in [5, 5.41) is 0.871. The molecule has 3 heterocycles. The highest BCUT2D eigenvalue weighted by molar-refractivity contribution is 7.99. The van der Waals surface area contributed by atoms with Crippen LogP contribution in [0.3, 0.4) is 0 Å². The molecular formula is C25H27N3O4S. The number of benzene rings is 2. The highest BCUT2D eigenvalue weighted by atomic mass is 32.2. The number of amides is 1. The van der Waals surface area contributed by atoms with E-state index in [0.29, 0.717) is 62.0 Å². The maximum Gasteiger partial charge on any atom is 0.233 e. The first-order valence-electron chi connectivity index (χ1n) is 11.4. The lowest BCUT2D eigenvalue weighted by atomic mass is 9.88. The van der Waals surface area contributed by atoms with E-state index in [-0.39, 0.29) is 17.6 Å². The number of piperidine rings is 1. The number of hydrogen-bond donors (Lipinski definition) is 0. The minimum atomic E-state index is -0.0754. The molecule has 2 aliphatic rings. The second-order valence-corrected chi connectivity index (χ2v) is 9.24. The van der Waals surface area contributed by atoms with Crippen molar-refractivity contribution < 1.29 is 19.1 Å². The van der Waals surface area contributed by atoms with Crippen molar-refractivity contribution in [1.82, 2.24) is 14.5 Å². The molecule has 1 aromatic heterocycles. The van der Waals surface area contributed by atoms with Crippen LogP contribution in [0.4, 0.5) is 0 Å². The Kier molecular flexibility index (Phi) is 6.26. The van der Waals surface area contributed by atoms with Gasteiger partial charge in [0.15, 0.2) is 22.4 Å². The van der Waals surface area contributed by atoms with Crippen LogP contribution in [-0.4, -0.2) is 58.2 Å². The number of rotatable bonds is 6. The quantitative estimate of drug-likeness (QED) is 0.404. The topological polar surface area (TPSA) is 73.7 Å². The van der Waals surface area contributed by atoms with Crippen molar-refractivity contribution in [2.75, 3.05) is 32.1 Å². The van der Waals surface area contributed by atoms with E-state index in [9.17, 15) is 9.59 Å². The lowest BCUT2D eigenvalue weighted by molar-refractivity contribution is -0.129. The van der Waals surface area contributed by atoms with E-state index in [1.807, 2.05) is 29.2 Å². The summed E-state index contributed by atoms with van der Waals surface area (Å²) in [6.07, 6.45) is 1.36. The molecule has 172 valence electrons. The Morgan fingerprint density at radius 3 is 2.61 bits per heavy atom. The summed E-state index contributed by atoms with van der Waals surface area (Å²) in [5.41, 5.74) is 2.69. The lowest BCUT2D eigenvalue weighted by Gasteiger charge is -2.31. The van der Waals surface area contributed by atoms with Crippen molar-refractivity contribution in [3.05, 3.63) is 48.0 Å². The van der Waals surface area contributed by atoms with Crippen LogP contribution in [0.25, 0.3) is 11.0 Å². The SMILES string of the molecule is CCn1c(SCC(=O)N2CCC(C(=O)c3ccc4c(c3)OCCO4)CC2)nc2ccccc21. The molecule has 7 nitrogen and oxygen atoms in total. The number of Topliss-reactive ketones (excluding diaryl/α,β-unsaturated/α-hetero) is 1. The summed E-state index contributed by atoms with van der Waals surface area (Å²) in [4.78, 5) is 32.4. The zero-order chi connectivity index (χ0) is 22.8. The fraction of sp³-hybridized carbons (Fsp3) is 0.400. The molecule has 0 spiro atoms. The van der Waals surface area contributed by atoms with Crippen LogP contribution >= 0.6 is 11.8 Å². The normalized spacial score (nSPS) is 16.2. The molecule has 2 aromatic carbocycles. The molecule has 0 radical (unpaired) electrons. The Labute approximate surface area is 197 Å². The zero-order valence-electron chi connectivity index (χ0n) is 18.7. The van der Waals surface area contributed by atoms with Crippen LogP contribution in [0.5, 0.6) is 11.5 Å². The van der Waals surface area contributed by atoms with Gasteiger partial charge in [0, 0.05) is 31.1 Å². The molecule has 5 rings (SSSR count). The monoisotopic (exact) mass is 465 g/mol. The molecule has 33 heavy (non-hydrogen) atoms. The molecule has 0 unspecified atom stereocenters. The number of fused-ring (bicyclic) bond motifs is 2. The van der Waals surface area contributed by atoms with Crippen LogP contribution in [0.15, 0.2) is 47.6 Å². The lowest BCUT2D eigenvalue weighted by Crippen LogP contribution is -2.41. The molecular weight excluding hydrogens is 438 g/mol. The third kappa shape index (κ3) is 4.44. The van der Waals surface area contributed by atoms with E-state index in [0.717, 1.165) is 22.7 Å². The number of aromatic nitrogens is 2. The van der Waals surface area contributed by atoms with Crippen LogP contribution in [0, 0.1) is 5.92 Å². The molecule has 1 fully saturated rings. The van der Waals surface area contributed by atoms with Crippen molar-refractivity contribution in [2.45, 2.75) is 31.5 Å². The number of thioether (sulfide) groups is 1. The number of carbonyl (C=O) groups excluding carboxylic acids is 2. The van der Waals surface area contributed by atoms with Crippen molar-refractivity contribution in [1.29, 1.82) is 0 Å². The largest absolute Gasteiger partial charge is 0.486 e. The summed E-state index contributed by atoms with van der Waals surface area (Å²) < 4.78 is 13.3. The van der Waals surface area contributed by atoms with Crippen molar-refractivity contribution in [2.24, 2.45) is 5.92 Å². The average molecular weight is 466 g/mol. The van der Waals surface area contributed by atoms with Gasteiger partial charge in [-0.15, -0.1) is 0 Å².